The Morgan fingerprint density at radius 2 is 1.76 bits per heavy atom. The second-order valence-corrected chi connectivity index (χ2v) is 11.9. The SMILES string of the molecule is CCC(C)(CCC1(C)CC(COC(=O)On2c(O)ccc2O)C(C)(OCCC(C)(C)C)C1)OC. The van der Waals surface area contributed by atoms with Gasteiger partial charge in [-0.2, -0.15) is 0 Å². The van der Waals surface area contributed by atoms with Gasteiger partial charge < -0.3 is 24.4 Å². The molecule has 196 valence electrons. The van der Waals surface area contributed by atoms with E-state index in [2.05, 4.69) is 48.5 Å². The van der Waals surface area contributed by atoms with Crippen molar-refractivity contribution < 1.29 is 34.1 Å². The normalized spacial score (nSPS) is 26.9. The summed E-state index contributed by atoms with van der Waals surface area (Å²) in [7, 11) is 1.77. The summed E-state index contributed by atoms with van der Waals surface area (Å²) in [5, 5.41) is 19.4. The Kier molecular flexibility index (Phi) is 8.97. The Morgan fingerprint density at radius 3 is 2.29 bits per heavy atom. The van der Waals surface area contributed by atoms with E-state index in [1.807, 2.05) is 0 Å². The molecule has 0 saturated heterocycles. The molecule has 0 aromatic carbocycles. The third kappa shape index (κ3) is 7.54. The zero-order valence-electron chi connectivity index (χ0n) is 22.3. The van der Waals surface area contributed by atoms with Crippen LogP contribution in [0.2, 0.25) is 0 Å². The van der Waals surface area contributed by atoms with E-state index in [4.69, 9.17) is 19.0 Å². The summed E-state index contributed by atoms with van der Waals surface area (Å²) >= 11 is 0. The number of aromatic nitrogens is 1. The van der Waals surface area contributed by atoms with E-state index in [-0.39, 0.29) is 29.0 Å². The van der Waals surface area contributed by atoms with Gasteiger partial charge >= 0.3 is 6.16 Å². The molecule has 2 N–H and O–H groups in total. The lowest BCUT2D eigenvalue weighted by molar-refractivity contribution is -0.0855. The average Bonchev–Trinajstić information content (AvgIpc) is 3.19. The van der Waals surface area contributed by atoms with Gasteiger partial charge in [0.25, 0.3) is 0 Å². The summed E-state index contributed by atoms with van der Waals surface area (Å²) < 4.78 is 18.3. The molecule has 8 heteroatoms. The van der Waals surface area contributed by atoms with Gasteiger partial charge in [0.05, 0.1) is 11.2 Å². The average molecular weight is 484 g/mol. The van der Waals surface area contributed by atoms with Gasteiger partial charge in [-0.05, 0) is 63.2 Å². The van der Waals surface area contributed by atoms with Crippen molar-refractivity contribution in [2.24, 2.45) is 16.7 Å². The highest BCUT2D eigenvalue weighted by molar-refractivity contribution is 5.60. The fourth-order valence-electron chi connectivity index (χ4n) is 4.81. The lowest BCUT2D eigenvalue weighted by Gasteiger charge is -2.34. The Hall–Kier alpha value is -1.93. The molecule has 1 saturated carbocycles. The van der Waals surface area contributed by atoms with Crippen LogP contribution < -0.4 is 4.84 Å². The molecule has 0 amide bonds. The third-order valence-corrected chi connectivity index (χ3v) is 7.53. The minimum atomic E-state index is -0.995. The van der Waals surface area contributed by atoms with Crippen LogP contribution in [-0.4, -0.2) is 52.6 Å². The van der Waals surface area contributed by atoms with Crippen molar-refractivity contribution in [3.05, 3.63) is 12.1 Å². The maximum Gasteiger partial charge on any atom is 0.533 e. The molecule has 0 spiro atoms. The van der Waals surface area contributed by atoms with Crippen molar-refractivity contribution in [1.29, 1.82) is 0 Å². The van der Waals surface area contributed by atoms with Crippen LogP contribution in [0.3, 0.4) is 0 Å². The number of ether oxygens (including phenoxy) is 3. The molecular weight excluding hydrogens is 438 g/mol. The molecule has 1 fully saturated rings. The number of methoxy groups -OCH3 is 1. The van der Waals surface area contributed by atoms with Crippen LogP contribution in [-0.2, 0) is 14.2 Å². The summed E-state index contributed by atoms with van der Waals surface area (Å²) in [6.07, 6.45) is 4.50. The zero-order chi connectivity index (χ0) is 25.8. The van der Waals surface area contributed by atoms with Crippen LogP contribution >= 0.6 is 0 Å². The highest BCUT2D eigenvalue weighted by atomic mass is 16.8. The highest BCUT2D eigenvalue weighted by Gasteiger charge is 2.51. The Bertz CT molecular complexity index is 791. The van der Waals surface area contributed by atoms with Crippen molar-refractivity contribution in [2.45, 2.75) is 98.2 Å². The van der Waals surface area contributed by atoms with Crippen molar-refractivity contribution >= 4 is 6.16 Å². The molecule has 2 rings (SSSR count). The van der Waals surface area contributed by atoms with Crippen molar-refractivity contribution in [3.63, 3.8) is 0 Å². The van der Waals surface area contributed by atoms with Gasteiger partial charge in [-0.25, -0.2) is 4.79 Å². The zero-order valence-corrected chi connectivity index (χ0v) is 22.3. The summed E-state index contributed by atoms with van der Waals surface area (Å²) in [5.74, 6) is -0.807. The smallest absolute Gasteiger partial charge is 0.492 e. The second kappa shape index (κ2) is 10.8. The summed E-state index contributed by atoms with van der Waals surface area (Å²) in [4.78, 5) is 17.2. The molecule has 1 heterocycles. The van der Waals surface area contributed by atoms with Crippen LogP contribution in [0.4, 0.5) is 4.79 Å². The van der Waals surface area contributed by atoms with E-state index in [0.717, 1.165) is 38.5 Å². The Balaban J connectivity index is 2.08. The lowest BCUT2D eigenvalue weighted by atomic mass is 9.79. The fraction of sp³-hybridized carbons (Fsp3) is 0.808. The third-order valence-electron chi connectivity index (χ3n) is 7.53. The van der Waals surface area contributed by atoms with Gasteiger partial charge in [-0.1, -0.05) is 34.6 Å². The van der Waals surface area contributed by atoms with E-state index in [0.29, 0.717) is 11.3 Å². The first-order chi connectivity index (χ1) is 15.6. The molecule has 8 nitrogen and oxygen atoms in total. The number of carbonyl (C=O) groups excluding carboxylic acids is 1. The van der Waals surface area contributed by atoms with E-state index in [9.17, 15) is 15.0 Å². The molecule has 0 aliphatic heterocycles. The van der Waals surface area contributed by atoms with Crippen LogP contribution in [0.1, 0.15) is 87.0 Å². The van der Waals surface area contributed by atoms with Gasteiger partial charge in [-0.15, -0.1) is 4.73 Å². The van der Waals surface area contributed by atoms with Crippen LogP contribution in [0.15, 0.2) is 12.1 Å². The number of rotatable bonds is 11. The van der Waals surface area contributed by atoms with Crippen molar-refractivity contribution in [1.82, 2.24) is 4.73 Å². The maximum atomic E-state index is 12.3. The monoisotopic (exact) mass is 483 g/mol. The van der Waals surface area contributed by atoms with Gasteiger partial charge in [0.2, 0.25) is 11.8 Å². The van der Waals surface area contributed by atoms with Crippen molar-refractivity contribution in [3.8, 4) is 11.8 Å². The topological polar surface area (TPSA) is 99.4 Å². The summed E-state index contributed by atoms with van der Waals surface area (Å²) in [5.41, 5.74) is -0.435. The standard InChI is InChI=1S/C26H45NO7/c1-9-25(6,31-8)13-12-24(5)16-19(26(7,18-24)33-15-14-23(2,3)4)17-32-22(30)34-27-20(28)10-11-21(27)29/h10-11,19,28-29H,9,12-18H2,1-8H3. The predicted octanol–water partition coefficient (Wildman–Crippen LogP) is 5.69. The first kappa shape index (κ1) is 28.3. The number of hydrogen-bond donors (Lipinski definition) is 2. The Labute approximate surface area is 204 Å². The highest BCUT2D eigenvalue weighted by Crippen LogP contribution is 2.53. The summed E-state index contributed by atoms with van der Waals surface area (Å²) in [6.45, 7) is 16.0. The minimum absolute atomic E-state index is 0.0142. The molecule has 1 aromatic heterocycles. The maximum absolute atomic E-state index is 12.3. The fourth-order valence-corrected chi connectivity index (χ4v) is 4.81. The van der Waals surface area contributed by atoms with E-state index in [1.165, 1.54) is 12.1 Å². The van der Waals surface area contributed by atoms with E-state index >= 15 is 0 Å². The first-order valence-electron chi connectivity index (χ1n) is 12.3. The number of aromatic hydroxyl groups is 2. The van der Waals surface area contributed by atoms with Crippen LogP contribution in [0, 0.1) is 16.7 Å². The van der Waals surface area contributed by atoms with Gasteiger partial charge in [0, 0.05) is 31.8 Å². The molecule has 4 unspecified atom stereocenters. The molecule has 0 radical (unpaired) electrons. The van der Waals surface area contributed by atoms with Gasteiger partial charge in [0.1, 0.15) is 6.61 Å². The molecular formula is C26H45NO7. The molecule has 1 aliphatic carbocycles. The minimum Gasteiger partial charge on any atom is -0.492 e. The first-order valence-corrected chi connectivity index (χ1v) is 12.3. The molecule has 1 aliphatic rings. The second-order valence-electron chi connectivity index (χ2n) is 11.9. The molecule has 0 bridgehead atoms. The lowest BCUT2D eigenvalue weighted by Crippen LogP contribution is -2.38. The van der Waals surface area contributed by atoms with E-state index < -0.39 is 23.5 Å². The number of nitrogens with zero attached hydrogens (tertiary/aromatic N) is 1. The van der Waals surface area contributed by atoms with Crippen LogP contribution in [0.5, 0.6) is 11.8 Å². The molecule has 34 heavy (non-hydrogen) atoms. The number of carbonyl (C=O) groups is 1. The van der Waals surface area contributed by atoms with Gasteiger partial charge in [-0.3, -0.25) is 4.84 Å². The quantitative estimate of drug-likeness (QED) is 0.390. The molecule has 4 atom stereocenters. The Morgan fingerprint density at radius 1 is 1.15 bits per heavy atom. The van der Waals surface area contributed by atoms with Gasteiger partial charge in [0.15, 0.2) is 0 Å². The summed E-state index contributed by atoms with van der Waals surface area (Å²) in [6, 6.07) is 2.43. The number of hydrogen-bond acceptors (Lipinski definition) is 7. The van der Waals surface area contributed by atoms with Crippen molar-refractivity contribution in [2.75, 3.05) is 20.3 Å². The van der Waals surface area contributed by atoms with Crippen LogP contribution in [0.25, 0.3) is 0 Å². The largest absolute Gasteiger partial charge is 0.533 e. The molecule has 1 aromatic rings. The predicted molar refractivity (Wildman–Crippen MR) is 130 cm³/mol. The van der Waals surface area contributed by atoms with E-state index in [1.54, 1.807) is 7.11 Å².